The van der Waals surface area contributed by atoms with Crippen molar-refractivity contribution in [3.05, 3.63) is 63.8 Å². The maximum Gasteiger partial charge on any atom is 0.294 e. The first-order valence-corrected chi connectivity index (χ1v) is 11.0. The van der Waals surface area contributed by atoms with E-state index in [1.807, 2.05) is 54.9 Å². The first kappa shape index (κ1) is 24.1. The van der Waals surface area contributed by atoms with Crippen LogP contribution in [-0.4, -0.2) is 60.3 Å². The molecule has 0 atom stereocenters. The van der Waals surface area contributed by atoms with Crippen LogP contribution in [0.3, 0.4) is 0 Å². The third kappa shape index (κ3) is 5.26. The number of carbonyl (C=O) groups is 2. The van der Waals surface area contributed by atoms with Gasteiger partial charge < -0.3 is 19.1 Å². The SMILES string of the molecule is CN(C)CCCN(C)C(=O)C(=O)c1c(COc2ccc(Cl)cc2Cl)n(C)c2ccccc12. The molecule has 170 valence electrons. The van der Waals surface area contributed by atoms with Crippen molar-refractivity contribution in [1.82, 2.24) is 14.4 Å². The number of aryl methyl sites for hydroxylation is 1. The first-order valence-electron chi connectivity index (χ1n) is 10.3. The molecule has 0 unspecified atom stereocenters. The van der Waals surface area contributed by atoms with Gasteiger partial charge in [0, 0.05) is 36.6 Å². The van der Waals surface area contributed by atoms with E-state index in [0.29, 0.717) is 33.6 Å². The molecule has 1 heterocycles. The highest BCUT2D eigenvalue weighted by Gasteiger charge is 2.28. The molecule has 0 N–H and O–H groups in total. The number of hydrogen-bond acceptors (Lipinski definition) is 4. The van der Waals surface area contributed by atoms with Crippen LogP contribution in [0.15, 0.2) is 42.5 Å². The minimum absolute atomic E-state index is 0.0746. The Morgan fingerprint density at radius 3 is 2.44 bits per heavy atom. The number of Topliss-reactive ketones (excluding diaryl/α,β-unsaturated/α-hetero) is 1. The average molecular weight is 476 g/mol. The van der Waals surface area contributed by atoms with Crippen molar-refractivity contribution in [2.45, 2.75) is 13.0 Å². The fourth-order valence-corrected chi connectivity index (χ4v) is 4.08. The second kappa shape index (κ2) is 10.4. The Bertz CT molecular complexity index is 1140. The summed E-state index contributed by atoms with van der Waals surface area (Å²) in [6.45, 7) is 1.41. The normalized spacial score (nSPS) is 11.2. The molecule has 3 rings (SSSR count). The van der Waals surface area contributed by atoms with Crippen molar-refractivity contribution in [3.63, 3.8) is 0 Å². The van der Waals surface area contributed by atoms with Gasteiger partial charge in [0.2, 0.25) is 0 Å². The molecule has 6 nitrogen and oxygen atoms in total. The molecule has 8 heteroatoms. The smallest absolute Gasteiger partial charge is 0.294 e. The van der Waals surface area contributed by atoms with Crippen LogP contribution in [0.2, 0.25) is 10.0 Å². The molecule has 0 saturated carbocycles. The lowest BCUT2D eigenvalue weighted by molar-refractivity contribution is -0.125. The number of carbonyl (C=O) groups excluding carboxylic acids is 2. The minimum Gasteiger partial charge on any atom is -0.486 e. The lowest BCUT2D eigenvalue weighted by Gasteiger charge is -2.18. The Balaban J connectivity index is 1.91. The molecule has 2 aromatic carbocycles. The van der Waals surface area contributed by atoms with Gasteiger partial charge in [-0.2, -0.15) is 0 Å². The highest BCUT2D eigenvalue weighted by Crippen LogP contribution is 2.31. The van der Waals surface area contributed by atoms with Crippen LogP contribution < -0.4 is 4.74 Å². The Hall–Kier alpha value is -2.54. The van der Waals surface area contributed by atoms with Crippen molar-refractivity contribution < 1.29 is 14.3 Å². The number of amides is 1. The molecule has 32 heavy (non-hydrogen) atoms. The molecule has 3 aromatic rings. The second-order valence-electron chi connectivity index (χ2n) is 7.97. The summed E-state index contributed by atoms with van der Waals surface area (Å²) >= 11 is 12.2. The maximum absolute atomic E-state index is 13.3. The van der Waals surface area contributed by atoms with Crippen molar-refractivity contribution >= 4 is 45.8 Å². The Morgan fingerprint density at radius 2 is 1.75 bits per heavy atom. The summed E-state index contributed by atoms with van der Waals surface area (Å²) in [4.78, 5) is 29.8. The zero-order valence-corrected chi connectivity index (χ0v) is 20.2. The number of halogens is 2. The zero-order chi connectivity index (χ0) is 23.4. The standard InChI is InChI=1S/C24H27Cl2N3O3/c1-27(2)12-7-13-28(3)24(31)23(30)22-17-8-5-6-9-19(17)29(4)20(22)15-32-21-11-10-16(25)14-18(21)26/h5-6,8-11,14H,7,12-13,15H2,1-4H3. The summed E-state index contributed by atoms with van der Waals surface area (Å²) in [5.74, 6) is -0.632. The van der Waals surface area contributed by atoms with Crippen LogP contribution >= 0.6 is 23.2 Å². The van der Waals surface area contributed by atoms with E-state index in [1.54, 1.807) is 25.2 Å². The van der Waals surface area contributed by atoms with Crippen LogP contribution in [0, 0.1) is 0 Å². The molecular weight excluding hydrogens is 449 g/mol. The fourth-order valence-electron chi connectivity index (χ4n) is 3.61. The summed E-state index contributed by atoms with van der Waals surface area (Å²) in [7, 11) is 7.46. The van der Waals surface area contributed by atoms with E-state index < -0.39 is 11.7 Å². The van der Waals surface area contributed by atoms with Crippen LogP contribution in [0.5, 0.6) is 5.75 Å². The van der Waals surface area contributed by atoms with Gasteiger partial charge in [0.15, 0.2) is 0 Å². The number of likely N-dealkylation sites (N-methyl/N-ethyl adjacent to an activating group) is 1. The van der Waals surface area contributed by atoms with Crippen molar-refractivity contribution in [2.24, 2.45) is 7.05 Å². The molecule has 0 bridgehead atoms. The summed E-state index contributed by atoms with van der Waals surface area (Å²) in [5.41, 5.74) is 1.81. The van der Waals surface area contributed by atoms with Gasteiger partial charge in [0.1, 0.15) is 12.4 Å². The van der Waals surface area contributed by atoms with E-state index in [9.17, 15) is 9.59 Å². The molecule has 0 saturated heterocycles. The predicted molar refractivity (Wildman–Crippen MR) is 129 cm³/mol. The van der Waals surface area contributed by atoms with Gasteiger partial charge in [-0.15, -0.1) is 0 Å². The van der Waals surface area contributed by atoms with E-state index in [1.165, 1.54) is 4.90 Å². The van der Waals surface area contributed by atoms with E-state index in [4.69, 9.17) is 27.9 Å². The molecule has 1 amide bonds. The topological polar surface area (TPSA) is 54.8 Å². The quantitative estimate of drug-likeness (QED) is 0.333. The number of hydrogen-bond donors (Lipinski definition) is 0. The van der Waals surface area contributed by atoms with E-state index in [0.717, 1.165) is 23.9 Å². The lowest BCUT2D eigenvalue weighted by atomic mass is 10.1. The molecule has 0 spiro atoms. The summed E-state index contributed by atoms with van der Waals surface area (Å²) in [6, 6.07) is 12.5. The zero-order valence-electron chi connectivity index (χ0n) is 18.7. The number of rotatable bonds is 9. The van der Waals surface area contributed by atoms with Gasteiger partial charge in [-0.25, -0.2) is 0 Å². The predicted octanol–water partition coefficient (Wildman–Crippen LogP) is 4.66. The van der Waals surface area contributed by atoms with Gasteiger partial charge in [-0.3, -0.25) is 9.59 Å². The molecule has 0 aliphatic carbocycles. The monoisotopic (exact) mass is 475 g/mol. The van der Waals surface area contributed by atoms with Crippen molar-refractivity contribution in [2.75, 3.05) is 34.2 Å². The summed E-state index contributed by atoms with van der Waals surface area (Å²) in [5, 5.41) is 1.60. The number of fused-ring (bicyclic) bond motifs is 1. The highest BCUT2D eigenvalue weighted by atomic mass is 35.5. The number of nitrogens with zero attached hydrogens (tertiary/aromatic N) is 3. The maximum atomic E-state index is 13.3. The second-order valence-corrected chi connectivity index (χ2v) is 8.82. The third-order valence-electron chi connectivity index (χ3n) is 5.35. The number of ether oxygens (including phenoxy) is 1. The number of aromatic nitrogens is 1. The van der Waals surface area contributed by atoms with Crippen molar-refractivity contribution in [1.29, 1.82) is 0 Å². The molecule has 1 aromatic heterocycles. The van der Waals surface area contributed by atoms with Gasteiger partial charge in [-0.05, 0) is 51.3 Å². The Labute approximate surface area is 198 Å². The van der Waals surface area contributed by atoms with Crippen LogP contribution in [0.1, 0.15) is 22.5 Å². The molecule has 0 radical (unpaired) electrons. The lowest BCUT2D eigenvalue weighted by Crippen LogP contribution is -2.35. The van der Waals surface area contributed by atoms with Gasteiger partial charge in [0.05, 0.1) is 16.3 Å². The van der Waals surface area contributed by atoms with Gasteiger partial charge in [0.25, 0.3) is 11.7 Å². The van der Waals surface area contributed by atoms with Crippen molar-refractivity contribution in [3.8, 4) is 5.75 Å². The third-order valence-corrected chi connectivity index (χ3v) is 5.88. The van der Waals surface area contributed by atoms with Gasteiger partial charge >= 0.3 is 0 Å². The van der Waals surface area contributed by atoms with Crippen LogP contribution in [0.4, 0.5) is 0 Å². The number of ketones is 1. The van der Waals surface area contributed by atoms with Crippen LogP contribution in [0.25, 0.3) is 10.9 Å². The number of para-hydroxylation sites is 1. The summed E-state index contributed by atoms with van der Waals surface area (Å²) in [6.07, 6.45) is 0.781. The molecular formula is C24H27Cl2N3O3. The molecule has 0 aliphatic heterocycles. The summed E-state index contributed by atoms with van der Waals surface area (Å²) < 4.78 is 7.80. The Morgan fingerprint density at radius 1 is 1.03 bits per heavy atom. The molecule has 0 aliphatic rings. The number of benzene rings is 2. The average Bonchev–Trinajstić information content (AvgIpc) is 3.03. The minimum atomic E-state index is -0.546. The largest absolute Gasteiger partial charge is 0.486 e. The van der Waals surface area contributed by atoms with E-state index in [2.05, 4.69) is 0 Å². The first-order chi connectivity index (χ1) is 15.2. The van der Waals surface area contributed by atoms with Gasteiger partial charge in [-0.1, -0.05) is 41.4 Å². The highest BCUT2D eigenvalue weighted by molar-refractivity contribution is 6.45. The Kier molecular flexibility index (Phi) is 7.82. The molecule has 0 fully saturated rings. The van der Waals surface area contributed by atoms with E-state index in [-0.39, 0.29) is 6.61 Å². The van der Waals surface area contributed by atoms with Crippen LogP contribution in [-0.2, 0) is 18.4 Å². The fraction of sp³-hybridized carbons (Fsp3) is 0.333. The van der Waals surface area contributed by atoms with E-state index >= 15 is 0 Å².